The predicted molar refractivity (Wildman–Crippen MR) is 40.5 cm³/mol. The van der Waals surface area contributed by atoms with Crippen LogP contribution in [0.15, 0.2) is 9.97 Å². The Labute approximate surface area is 62.2 Å². The van der Waals surface area contributed by atoms with Crippen molar-refractivity contribution in [1.82, 2.24) is 9.36 Å². The first-order valence-electron chi connectivity index (χ1n) is 2.94. The minimum atomic E-state index is -0.472. The molecule has 6 nitrogen and oxygen atoms in total. The van der Waals surface area contributed by atoms with Crippen LogP contribution in [0.1, 0.15) is 0 Å². The summed E-state index contributed by atoms with van der Waals surface area (Å²) in [6.45, 7) is 0. The van der Waals surface area contributed by atoms with E-state index in [4.69, 9.17) is 5.73 Å². The van der Waals surface area contributed by atoms with Crippen LogP contribution in [0.25, 0.3) is 0 Å². The molecule has 1 aromatic heterocycles. The minimum absolute atomic E-state index is 0.0903. The molecule has 1 heterocycles. The van der Waals surface area contributed by atoms with E-state index in [-0.39, 0.29) is 11.5 Å². The number of hydrogen-bond donors (Lipinski definition) is 1. The van der Waals surface area contributed by atoms with Crippen LogP contribution in [0.5, 0.6) is 0 Å². The molecule has 0 amide bonds. The van der Waals surface area contributed by atoms with E-state index in [0.717, 1.165) is 0 Å². The average Bonchev–Trinajstić information content (AvgIpc) is 2.17. The van der Waals surface area contributed by atoms with Gasteiger partial charge in [-0.15, -0.1) is 4.91 Å². The topological polar surface area (TPSA) is 82.4 Å². The molecular formula is C5H8N4O2. The molecular weight excluding hydrogens is 148 g/mol. The van der Waals surface area contributed by atoms with Gasteiger partial charge in [-0.25, -0.2) is 0 Å². The summed E-state index contributed by atoms with van der Waals surface area (Å²) < 4.78 is 2.57. The molecule has 11 heavy (non-hydrogen) atoms. The molecule has 0 aliphatic rings. The second kappa shape index (κ2) is 2.22. The maximum Gasteiger partial charge on any atom is 0.298 e. The Balaban J connectivity index is 3.61. The molecule has 0 radical (unpaired) electrons. The maximum absolute atomic E-state index is 11.0. The number of hydrogen-bond acceptors (Lipinski definition) is 4. The fourth-order valence-electron chi connectivity index (χ4n) is 0.800. The lowest BCUT2D eigenvalue weighted by molar-refractivity contribution is 0.586. The average molecular weight is 156 g/mol. The van der Waals surface area contributed by atoms with Gasteiger partial charge in [0.2, 0.25) is 5.69 Å². The van der Waals surface area contributed by atoms with E-state index in [0.29, 0.717) is 0 Å². The number of rotatable bonds is 1. The highest BCUT2D eigenvalue weighted by Crippen LogP contribution is 2.14. The van der Waals surface area contributed by atoms with E-state index in [1.54, 1.807) is 7.05 Å². The third-order valence-corrected chi connectivity index (χ3v) is 1.63. The van der Waals surface area contributed by atoms with Crippen LogP contribution < -0.4 is 11.3 Å². The van der Waals surface area contributed by atoms with Crippen molar-refractivity contribution in [3.63, 3.8) is 0 Å². The molecule has 2 N–H and O–H groups in total. The van der Waals surface area contributed by atoms with Crippen LogP contribution in [0.3, 0.4) is 0 Å². The van der Waals surface area contributed by atoms with Gasteiger partial charge in [-0.2, -0.15) is 0 Å². The standard InChI is InChI=1S/C5H8N4O2/c1-8-4(6)3(7-11)5(10)9(8)2/h6H2,1-2H3. The number of anilines is 1. The molecule has 60 valence electrons. The van der Waals surface area contributed by atoms with Gasteiger partial charge in [-0.1, -0.05) is 0 Å². The van der Waals surface area contributed by atoms with Gasteiger partial charge in [-0.3, -0.25) is 14.2 Å². The Kier molecular flexibility index (Phi) is 1.52. The van der Waals surface area contributed by atoms with E-state index in [2.05, 4.69) is 5.18 Å². The van der Waals surface area contributed by atoms with E-state index in [1.807, 2.05) is 0 Å². The van der Waals surface area contributed by atoms with E-state index >= 15 is 0 Å². The molecule has 0 unspecified atom stereocenters. The molecule has 0 saturated carbocycles. The molecule has 0 fully saturated rings. The monoisotopic (exact) mass is 156 g/mol. The normalized spacial score (nSPS) is 10.0. The highest BCUT2D eigenvalue weighted by molar-refractivity contribution is 5.56. The molecule has 0 atom stereocenters. The number of nitrogens with two attached hydrogens (primary N) is 1. The minimum Gasteiger partial charge on any atom is -0.382 e. The first kappa shape index (κ1) is 7.52. The summed E-state index contributed by atoms with van der Waals surface area (Å²) in [6, 6.07) is 0. The van der Waals surface area contributed by atoms with Crippen LogP contribution in [-0.4, -0.2) is 9.36 Å². The predicted octanol–water partition coefficient (Wildman–Crippen LogP) is -0.296. The Morgan fingerprint density at radius 3 is 2.09 bits per heavy atom. The Hall–Kier alpha value is -1.59. The Morgan fingerprint density at radius 1 is 1.36 bits per heavy atom. The largest absolute Gasteiger partial charge is 0.382 e. The third-order valence-electron chi connectivity index (χ3n) is 1.63. The van der Waals surface area contributed by atoms with Crippen molar-refractivity contribution in [3.05, 3.63) is 15.3 Å². The zero-order chi connectivity index (χ0) is 8.59. The highest BCUT2D eigenvalue weighted by atomic mass is 16.3. The van der Waals surface area contributed by atoms with Crippen LogP contribution in [-0.2, 0) is 14.1 Å². The number of aromatic nitrogens is 2. The number of nitrogen functional groups attached to an aromatic ring is 1. The molecule has 0 aromatic carbocycles. The van der Waals surface area contributed by atoms with Crippen molar-refractivity contribution in [3.8, 4) is 0 Å². The van der Waals surface area contributed by atoms with Crippen molar-refractivity contribution >= 4 is 11.5 Å². The lowest BCUT2D eigenvalue weighted by Crippen LogP contribution is -2.16. The first-order chi connectivity index (χ1) is 5.09. The molecule has 0 bridgehead atoms. The van der Waals surface area contributed by atoms with Gasteiger partial charge in [0.15, 0.2) is 5.82 Å². The van der Waals surface area contributed by atoms with E-state index in [1.165, 1.54) is 16.4 Å². The summed E-state index contributed by atoms with van der Waals surface area (Å²) >= 11 is 0. The van der Waals surface area contributed by atoms with Crippen molar-refractivity contribution in [2.45, 2.75) is 0 Å². The number of nitroso groups, excluding NO2 is 1. The van der Waals surface area contributed by atoms with Crippen molar-refractivity contribution in [2.24, 2.45) is 19.3 Å². The fraction of sp³-hybridized carbons (Fsp3) is 0.400. The van der Waals surface area contributed by atoms with Crippen LogP contribution in [0.4, 0.5) is 11.5 Å². The van der Waals surface area contributed by atoms with Gasteiger partial charge in [-0.05, 0) is 5.18 Å². The fourth-order valence-corrected chi connectivity index (χ4v) is 0.800. The van der Waals surface area contributed by atoms with Gasteiger partial charge >= 0.3 is 0 Å². The lowest BCUT2D eigenvalue weighted by atomic mass is 10.5. The Morgan fingerprint density at radius 2 is 1.91 bits per heavy atom. The summed E-state index contributed by atoms with van der Waals surface area (Å²) in [6.07, 6.45) is 0. The second-order valence-corrected chi connectivity index (χ2v) is 2.18. The van der Waals surface area contributed by atoms with Gasteiger partial charge in [0.05, 0.1) is 0 Å². The molecule has 0 spiro atoms. The third kappa shape index (κ3) is 0.830. The summed E-state index contributed by atoms with van der Waals surface area (Å²) in [5.41, 5.74) is 4.66. The highest BCUT2D eigenvalue weighted by Gasteiger charge is 2.12. The molecule has 0 aliphatic heterocycles. The summed E-state index contributed by atoms with van der Waals surface area (Å²) in [7, 11) is 3.08. The van der Waals surface area contributed by atoms with Crippen molar-refractivity contribution < 1.29 is 0 Å². The van der Waals surface area contributed by atoms with Gasteiger partial charge < -0.3 is 5.73 Å². The van der Waals surface area contributed by atoms with Crippen LogP contribution in [0.2, 0.25) is 0 Å². The van der Waals surface area contributed by atoms with E-state index < -0.39 is 5.56 Å². The zero-order valence-electron chi connectivity index (χ0n) is 6.24. The quantitative estimate of drug-likeness (QED) is 0.567. The SMILES string of the molecule is Cn1c(N)c(N=O)c(=O)n1C. The zero-order valence-corrected chi connectivity index (χ0v) is 6.24. The lowest BCUT2D eigenvalue weighted by Gasteiger charge is -1.98. The molecule has 0 saturated heterocycles. The van der Waals surface area contributed by atoms with Gasteiger partial charge in [0, 0.05) is 14.1 Å². The van der Waals surface area contributed by atoms with Gasteiger partial charge in [0.1, 0.15) is 0 Å². The first-order valence-corrected chi connectivity index (χ1v) is 2.94. The summed E-state index contributed by atoms with van der Waals surface area (Å²) in [5.74, 6) is 0.0903. The number of nitrogens with zero attached hydrogens (tertiary/aromatic N) is 3. The van der Waals surface area contributed by atoms with E-state index in [9.17, 15) is 9.70 Å². The molecule has 0 aliphatic carbocycles. The second-order valence-electron chi connectivity index (χ2n) is 2.18. The smallest absolute Gasteiger partial charge is 0.298 e. The summed E-state index contributed by atoms with van der Waals surface area (Å²) in [5, 5.41) is 2.52. The maximum atomic E-state index is 11.0. The van der Waals surface area contributed by atoms with Crippen LogP contribution in [0, 0.1) is 4.91 Å². The molecule has 1 aromatic rings. The Bertz CT molecular complexity index is 348. The van der Waals surface area contributed by atoms with Crippen molar-refractivity contribution in [1.29, 1.82) is 0 Å². The summed E-state index contributed by atoms with van der Waals surface area (Å²) in [4.78, 5) is 21.1. The molecule has 1 rings (SSSR count). The van der Waals surface area contributed by atoms with Crippen molar-refractivity contribution in [2.75, 3.05) is 5.73 Å². The van der Waals surface area contributed by atoms with Gasteiger partial charge in [0.25, 0.3) is 5.56 Å². The van der Waals surface area contributed by atoms with Crippen LogP contribution >= 0.6 is 0 Å². The molecule has 6 heteroatoms.